The number of nitrogens with zero attached hydrogens (tertiary/aromatic N) is 3. The first-order valence-corrected chi connectivity index (χ1v) is 8.32. The van der Waals surface area contributed by atoms with Gasteiger partial charge in [0.1, 0.15) is 0 Å². The molecule has 0 aromatic carbocycles. The largest absolute Gasteiger partial charge is 0.401 e. The van der Waals surface area contributed by atoms with Crippen LogP contribution in [0.4, 0.5) is 13.2 Å². The van der Waals surface area contributed by atoms with Gasteiger partial charge in [0.25, 0.3) is 0 Å². The average molecular weight is 346 g/mol. The Morgan fingerprint density at radius 1 is 1.33 bits per heavy atom. The predicted octanol–water partition coefficient (Wildman–Crippen LogP) is 2.28. The molecule has 0 unspecified atom stereocenters. The summed E-state index contributed by atoms with van der Waals surface area (Å²) in [5.74, 6) is -0.224. The number of aromatic nitrogens is 2. The molecule has 5 nitrogen and oxygen atoms in total. The van der Waals surface area contributed by atoms with Crippen LogP contribution in [0.2, 0.25) is 0 Å². The van der Waals surface area contributed by atoms with Crippen molar-refractivity contribution in [2.75, 3.05) is 26.2 Å². The van der Waals surface area contributed by atoms with Crippen LogP contribution >= 0.6 is 0 Å². The number of alkyl halides is 3. The Morgan fingerprint density at radius 2 is 2.00 bits per heavy atom. The van der Waals surface area contributed by atoms with Crippen molar-refractivity contribution in [1.82, 2.24) is 20.0 Å². The number of carbonyl (C=O) groups excluding carboxylic acids is 1. The summed E-state index contributed by atoms with van der Waals surface area (Å²) in [6.45, 7) is 4.99. The summed E-state index contributed by atoms with van der Waals surface area (Å²) in [5.41, 5.74) is 2.07. The highest BCUT2D eigenvalue weighted by Gasteiger charge is 2.33. The summed E-state index contributed by atoms with van der Waals surface area (Å²) in [4.78, 5) is 13.5. The van der Waals surface area contributed by atoms with Crippen LogP contribution in [0.5, 0.6) is 0 Å². The standard InChI is InChI=1S/C16H25F3N4O/c1-12-10-13(2)23(21-12)7-3-6-20-15(24)14-4-8-22(9-5-14)11-16(17,18)19/h10,14H,3-9,11H2,1-2H3,(H,20,24). The van der Waals surface area contributed by atoms with Gasteiger partial charge in [0.15, 0.2) is 0 Å². The Morgan fingerprint density at radius 3 is 2.54 bits per heavy atom. The van der Waals surface area contributed by atoms with Crippen LogP contribution < -0.4 is 5.32 Å². The number of halogens is 3. The Kier molecular flexibility index (Phi) is 6.26. The van der Waals surface area contributed by atoms with Crippen molar-refractivity contribution in [3.63, 3.8) is 0 Å². The molecule has 1 saturated heterocycles. The third kappa shape index (κ3) is 5.81. The number of piperidine rings is 1. The van der Waals surface area contributed by atoms with Gasteiger partial charge in [-0.15, -0.1) is 0 Å². The van der Waals surface area contributed by atoms with Crippen LogP contribution in [0, 0.1) is 19.8 Å². The van der Waals surface area contributed by atoms with Crippen molar-refractivity contribution >= 4 is 5.91 Å². The van der Waals surface area contributed by atoms with E-state index in [-0.39, 0.29) is 11.8 Å². The van der Waals surface area contributed by atoms with Gasteiger partial charge in [-0.3, -0.25) is 14.4 Å². The third-order valence-electron chi connectivity index (χ3n) is 4.31. The summed E-state index contributed by atoms with van der Waals surface area (Å²) >= 11 is 0. The molecule has 1 amide bonds. The molecule has 136 valence electrons. The van der Waals surface area contributed by atoms with Gasteiger partial charge in [0.05, 0.1) is 12.2 Å². The van der Waals surface area contributed by atoms with Gasteiger partial charge < -0.3 is 5.32 Å². The smallest absolute Gasteiger partial charge is 0.356 e. The number of likely N-dealkylation sites (tertiary alicyclic amines) is 1. The molecule has 2 rings (SSSR count). The van der Waals surface area contributed by atoms with E-state index in [2.05, 4.69) is 10.4 Å². The zero-order chi connectivity index (χ0) is 17.7. The number of carbonyl (C=O) groups is 1. The Hall–Kier alpha value is -1.57. The van der Waals surface area contributed by atoms with E-state index in [1.807, 2.05) is 24.6 Å². The molecule has 0 saturated carbocycles. The molecule has 1 aromatic rings. The van der Waals surface area contributed by atoms with Crippen LogP contribution in [0.1, 0.15) is 30.7 Å². The molecule has 0 bridgehead atoms. The first kappa shape index (κ1) is 18.8. The molecule has 24 heavy (non-hydrogen) atoms. The van der Waals surface area contributed by atoms with Crippen LogP contribution in [0.3, 0.4) is 0 Å². The van der Waals surface area contributed by atoms with Crippen LogP contribution in [-0.4, -0.2) is 52.9 Å². The van der Waals surface area contributed by atoms with Gasteiger partial charge in [-0.1, -0.05) is 0 Å². The van der Waals surface area contributed by atoms with Gasteiger partial charge in [0.2, 0.25) is 5.91 Å². The maximum atomic E-state index is 12.3. The van der Waals surface area contributed by atoms with E-state index in [1.54, 1.807) is 0 Å². The molecule has 0 spiro atoms. The predicted molar refractivity (Wildman–Crippen MR) is 84.5 cm³/mol. The lowest BCUT2D eigenvalue weighted by atomic mass is 9.96. The van der Waals surface area contributed by atoms with Gasteiger partial charge >= 0.3 is 6.18 Å². The molecule has 1 aliphatic heterocycles. The maximum absolute atomic E-state index is 12.3. The van der Waals surface area contributed by atoms with E-state index < -0.39 is 12.7 Å². The summed E-state index contributed by atoms with van der Waals surface area (Å²) in [6, 6.07) is 2.01. The first-order valence-electron chi connectivity index (χ1n) is 8.32. The number of aryl methyl sites for hydroxylation is 3. The van der Waals surface area contributed by atoms with E-state index >= 15 is 0 Å². The maximum Gasteiger partial charge on any atom is 0.401 e. The fraction of sp³-hybridized carbons (Fsp3) is 0.750. The molecule has 1 N–H and O–H groups in total. The lowest BCUT2D eigenvalue weighted by Crippen LogP contribution is -2.44. The topological polar surface area (TPSA) is 50.2 Å². The number of hydrogen-bond acceptors (Lipinski definition) is 3. The zero-order valence-corrected chi connectivity index (χ0v) is 14.2. The number of hydrogen-bond donors (Lipinski definition) is 1. The molecule has 1 aromatic heterocycles. The van der Waals surface area contributed by atoms with Crippen molar-refractivity contribution in [3.05, 3.63) is 17.5 Å². The van der Waals surface area contributed by atoms with E-state index in [4.69, 9.17) is 0 Å². The van der Waals surface area contributed by atoms with E-state index in [1.165, 1.54) is 4.90 Å². The minimum Gasteiger partial charge on any atom is -0.356 e. The van der Waals surface area contributed by atoms with Crippen molar-refractivity contribution in [1.29, 1.82) is 0 Å². The van der Waals surface area contributed by atoms with Crippen LogP contribution in [0.25, 0.3) is 0 Å². The molecule has 0 aliphatic carbocycles. The Balaban J connectivity index is 1.64. The highest BCUT2D eigenvalue weighted by molar-refractivity contribution is 5.78. The average Bonchev–Trinajstić information content (AvgIpc) is 2.80. The van der Waals surface area contributed by atoms with Crippen LogP contribution in [-0.2, 0) is 11.3 Å². The summed E-state index contributed by atoms with van der Waals surface area (Å²) in [5, 5.41) is 7.25. The highest BCUT2D eigenvalue weighted by Crippen LogP contribution is 2.22. The van der Waals surface area contributed by atoms with Crippen molar-refractivity contribution in [2.24, 2.45) is 5.92 Å². The van der Waals surface area contributed by atoms with Crippen molar-refractivity contribution in [2.45, 2.75) is 45.8 Å². The summed E-state index contributed by atoms with van der Waals surface area (Å²) in [7, 11) is 0. The lowest BCUT2D eigenvalue weighted by molar-refractivity contribution is -0.149. The second-order valence-corrected chi connectivity index (χ2v) is 6.46. The normalized spacial score (nSPS) is 17.2. The fourth-order valence-corrected chi connectivity index (χ4v) is 3.09. The minimum atomic E-state index is -4.17. The minimum absolute atomic E-state index is 0.0463. The molecule has 0 atom stereocenters. The van der Waals surface area contributed by atoms with Crippen LogP contribution in [0.15, 0.2) is 6.07 Å². The SMILES string of the molecule is Cc1cc(C)n(CCCNC(=O)C2CCN(CC(F)(F)F)CC2)n1. The third-order valence-corrected chi connectivity index (χ3v) is 4.31. The van der Waals surface area contributed by atoms with Crippen molar-refractivity contribution < 1.29 is 18.0 Å². The van der Waals surface area contributed by atoms with E-state index in [0.717, 1.165) is 24.4 Å². The molecular formula is C16H25F3N4O. The fourth-order valence-electron chi connectivity index (χ4n) is 3.09. The summed E-state index contributed by atoms with van der Waals surface area (Å²) in [6.07, 6.45) is -2.42. The molecule has 1 fully saturated rings. The Labute approximate surface area is 140 Å². The summed E-state index contributed by atoms with van der Waals surface area (Å²) < 4.78 is 38.9. The van der Waals surface area contributed by atoms with Gasteiger partial charge in [0, 0.05) is 24.7 Å². The molecule has 0 radical (unpaired) electrons. The highest BCUT2D eigenvalue weighted by atomic mass is 19.4. The zero-order valence-electron chi connectivity index (χ0n) is 14.2. The molecule has 2 heterocycles. The lowest BCUT2D eigenvalue weighted by Gasteiger charge is -2.31. The number of nitrogens with one attached hydrogen (secondary N) is 1. The molecule has 8 heteroatoms. The Bertz CT molecular complexity index is 548. The first-order chi connectivity index (χ1) is 11.2. The van der Waals surface area contributed by atoms with Gasteiger partial charge in [-0.2, -0.15) is 18.3 Å². The van der Waals surface area contributed by atoms with Gasteiger partial charge in [-0.05, 0) is 52.3 Å². The number of rotatable bonds is 6. The second-order valence-electron chi connectivity index (χ2n) is 6.46. The monoisotopic (exact) mass is 346 g/mol. The van der Waals surface area contributed by atoms with E-state index in [9.17, 15) is 18.0 Å². The second kappa shape index (κ2) is 8.00. The number of amides is 1. The van der Waals surface area contributed by atoms with Crippen molar-refractivity contribution in [3.8, 4) is 0 Å². The van der Waals surface area contributed by atoms with E-state index in [0.29, 0.717) is 32.5 Å². The van der Waals surface area contributed by atoms with Gasteiger partial charge in [-0.25, -0.2) is 0 Å². The molecule has 1 aliphatic rings. The molecular weight excluding hydrogens is 321 g/mol. The quantitative estimate of drug-likeness (QED) is 0.804.